The molecule has 0 amide bonds. The largest absolute Gasteiger partial charge is 0.432 e. The number of halogens is 12. The van der Waals surface area contributed by atoms with E-state index in [1.54, 1.807) is 24.3 Å². The Morgan fingerprint density at radius 3 is 1.05 bits per heavy atom. The second kappa shape index (κ2) is 37.2. The molecule has 14 rings (SSSR count). The molecule has 110 heavy (non-hydrogen) atoms. The summed E-state index contributed by atoms with van der Waals surface area (Å²) >= 11 is 0. The molecule has 0 atom stereocenters. The first-order valence-corrected chi connectivity index (χ1v) is 37.1. The highest BCUT2D eigenvalue weighted by atomic mass is 19.3. The Balaban J connectivity index is 0.000000158. The van der Waals surface area contributed by atoms with Gasteiger partial charge in [0, 0.05) is 34.4 Å². The predicted molar refractivity (Wildman–Crippen MR) is 425 cm³/mol. The van der Waals surface area contributed by atoms with Crippen LogP contribution in [0.5, 0.6) is 5.75 Å². The smallest absolute Gasteiger partial charge is 0.429 e. The van der Waals surface area contributed by atoms with Crippen LogP contribution in [-0.2, 0) is 12.5 Å². The van der Waals surface area contributed by atoms with Crippen LogP contribution in [0.25, 0.3) is 84.0 Å². The van der Waals surface area contributed by atoms with Gasteiger partial charge in [-0.15, -0.1) is 0 Å². The predicted octanol–water partition coefficient (Wildman–Crippen LogP) is 30.1. The lowest BCUT2D eigenvalue weighted by atomic mass is 9.79. The zero-order valence-corrected chi connectivity index (χ0v) is 62.0. The highest BCUT2D eigenvalue weighted by Crippen LogP contribution is 2.42. The van der Waals surface area contributed by atoms with Crippen molar-refractivity contribution in [1.29, 1.82) is 0 Å². The normalized spacial score (nSPS) is 15.4. The number of hydrogen-bond donors (Lipinski definition) is 0. The molecule has 0 aliphatic heterocycles. The van der Waals surface area contributed by atoms with E-state index in [1.807, 2.05) is 123 Å². The molecule has 0 unspecified atom stereocenters. The van der Waals surface area contributed by atoms with Gasteiger partial charge in [-0.25, -0.2) is 43.9 Å². The molecule has 0 aromatic heterocycles. The van der Waals surface area contributed by atoms with Crippen LogP contribution in [0.2, 0.25) is 0 Å². The quantitative estimate of drug-likeness (QED) is 0.0734. The molecule has 12 aromatic rings. The molecule has 0 heterocycles. The van der Waals surface area contributed by atoms with Gasteiger partial charge in [0.25, 0.3) is 0 Å². The van der Waals surface area contributed by atoms with Gasteiger partial charge in [-0.1, -0.05) is 266 Å². The molecule has 0 bridgehead atoms. The molecule has 0 N–H and O–H groups in total. The number of aryl methyl sites for hydroxylation is 3. The summed E-state index contributed by atoms with van der Waals surface area (Å²) in [5.41, 5.74) is 14.0. The molecule has 2 fully saturated rings. The van der Waals surface area contributed by atoms with E-state index in [1.165, 1.54) is 91.8 Å². The Hall–Kier alpha value is -10.7. The van der Waals surface area contributed by atoms with E-state index in [4.69, 9.17) is 0 Å². The topological polar surface area (TPSA) is 9.23 Å². The summed E-state index contributed by atoms with van der Waals surface area (Å²) in [4.78, 5) is 0. The van der Waals surface area contributed by atoms with Crippen LogP contribution in [0, 0.1) is 90.8 Å². The third-order valence-electron chi connectivity index (χ3n) is 20.7. The maximum absolute atomic E-state index is 14.8. The standard InChI is InChI=1S/C27H17F7O.C26H27F.C24H23F.C19H19F3.CH4/c1-14-3-5-16(6-4-14)17-7-8-20(23(30)9-17)18-10-24(31)26(25(32)11-18)27(33,34)35-19-12-21(28)15(2)22(29)13-19;1-18-3-7-20(8-4-18)21-11-13-22(14-12-21)24-15-16-25(26(27)17-24)23-9-5-19(2)6-10-23;1-3-5-6-19-9-13-21(14-10-19)23-16-15-22(17-24(23)25)20-11-7-18(4-2)8-12-20;1-12-2-4-13(5-3-12)14-6-8-15(9-7-14)16-10-17(20)19(22)18(21)11-16;/h3-13H,1-2H3;5-6,9-18,20H,3-4,7-8H2,1-2H3;5-17H,3-4H2,1-2H3;6-13H,2-5H2,1H3;1H4/b;;6-5+;;. The van der Waals surface area contributed by atoms with Gasteiger partial charge >= 0.3 is 6.11 Å². The maximum Gasteiger partial charge on any atom is 0.432 e. The lowest BCUT2D eigenvalue weighted by Gasteiger charge is -2.26. The monoisotopic (exact) mass is 1500 g/mol. The van der Waals surface area contributed by atoms with Crippen molar-refractivity contribution in [3.8, 4) is 83.6 Å². The number of alkyl halides is 2. The van der Waals surface area contributed by atoms with Crippen LogP contribution in [-0.4, -0.2) is 0 Å². The number of hydrogen-bond acceptors (Lipinski definition) is 1. The number of allylic oxidation sites excluding steroid dienone is 1. The molecule has 0 saturated heterocycles. The minimum Gasteiger partial charge on any atom is -0.429 e. The Morgan fingerprint density at radius 1 is 0.345 bits per heavy atom. The molecule has 0 spiro atoms. The first-order valence-electron chi connectivity index (χ1n) is 37.1. The van der Waals surface area contributed by atoms with Crippen molar-refractivity contribution < 1.29 is 57.4 Å². The Morgan fingerprint density at radius 2 is 0.673 bits per heavy atom. The van der Waals surface area contributed by atoms with Crippen molar-refractivity contribution in [1.82, 2.24) is 0 Å². The van der Waals surface area contributed by atoms with Gasteiger partial charge in [0.05, 0.1) is 0 Å². The van der Waals surface area contributed by atoms with Crippen LogP contribution < -0.4 is 4.74 Å². The van der Waals surface area contributed by atoms with Crippen LogP contribution >= 0.6 is 0 Å². The molecular weight excluding hydrogens is 1410 g/mol. The van der Waals surface area contributed by atoms with E-state index in [2.05, 4.69) is 93.1 Å². The van der Waals surface area contributed by atoms with Crippen LogP contribution in [0.1, 0.15) is 149 Å². The van der Waals surface area contributed by atoms with E-state index < -0.39 is 69.5 Å². The summed E-state index contributed by atoms with van der Waals surface area (Å²) in [6.45, 7) is 13.9. The van der Waals surface area contributed by atoms with Gasteiger partial charge in [0.15, 0.2) is 17.5 Å². The van der Waals surface area contributed by atoms with Gasteiger partial charge in [0.2, 0.25) is 0 Å². The fraction of sp³-hybridized carbons (Fsp3) is 0.237. The minimum atomic E-state index is -4.62. The second-order valence-electron chi connectivity index (χ2n) is 28.7. The van der Waals surface area contributed by atoms with Crippen LogP contribution in [0.4, 0.5) is 52.7 Å². The number of rotatable bonds is 15. The summed E-state index contributed by atoms with van der Waals surface area (Å²) in [6.07, 6.45) is 11.7. The third-order valence-corrected chi connectivity index (χ3v) is 20.7. The van der Waals surface area contributed by atoms with Gasteiger partial charge in [-0.3, -0.25) is 0 Å². The average Bonchev–Trinajstić information content (AvgIpc) is 0.776. The fourth-order valence-corrected chi connectivity index (χ4v) is 13.9. The molecule has 2 aliphatic rings. The van der Waals surface area contributed by atoms with E-state index in [0.29, 0.717) is 63.9 Å². The zero-order valence-electron chi connectivity index (χ0n) is 62.0. The second-order valence-corrected chi connectivity index (χ2v) is 28.7. The average molecular weight is 1500 g/mol. The van der Waals surface area contributed by atoms with Crippen molar-refractivity contribution >= 4 is 6.08 Å². The first-order chi connectivity index (χ1) is 52.3. The summed E-state index contributed by atoms with van der Waals surface area (Å²) in [7, 11) is 0. The molecule has 1 nitrogen and oxygen atoms in total. The van der Waals surface area contributed by atoms with E-state index in [9.17, 15) is 52.7 Å². The van der Waals surface area contributed by atoms with Crippen LogP contribution in [0.3, 0.4) is 0 Å². The minimum absolute atomic E-state index is 0. The van der Waals surface area contributed by atoms with Gasteiger partial charge < -0.3 is 4.74 Å². The van der Waals surface area contributed by atoms with Gasteiger partial charge in [-0.05, 0) is 209 Å². The van der Waals surface area contributed by atoms with Crippen molar-refractivity contribution in [3.05, 3.63) is 345 Å². The van der Waals surface area contributed by atoms with Crippen molar-refractivity contribution in [2.45, 2.75) is 138 Å². The Bertz CT molecular complexity index is 5020. The maximum atomic E-state index is 14.8. The SMILES string of the molecule is C.CC/C=C/c1ccc(-c2ccc(-c3ccc(CC)cc3)cc2F)cc1.CC1CCC(c2ccc(-c3cc(F)c(F)c(F)c3)cc2)CC1.Cc1ccc(-c2ccc(-c3cc(F)c(C(F)(F)Oc4cc(F)c(C)c(F)c4)c(F)c3)c(F)c2)cc1.Cc1ccc(-c2ccc(-c3ccc(C4CCC(C)CC4)cc3)cc2F)cc1. The van der Waals surface area contributed by atoms with E-state index >= 15 is 0 Å². The highest BCUT2D eigenvalue weighted by molar-refractivity contribution is 5.75. The summed E-state index contributed by atoms with van der Waals surface area (Å²) < 4.78 is 174. The fourth-order valence-electron chi connectivity index (χ4n) is 13.9. The number of benzene rings is 12. The van der Waals surface area contributed by atoms with E-state index in [0.717, 1.165) is 93.8 Å². The summed E-state index contributed by atoms with van der Waals surface area (Å²) in [5.74, 6) is -8.69. The molecule has 13 heteroatoms. The molecule has 2 aliphatic carbocycles. The van der Waals surface area contributed by atoms with Gasteiger partial charge in [-0.2, -0.15) is 8.78 Å². The lowest BCUT2D eigenvalue weighted by Crippen LogP contribution is -2.25. The third kappa shape index (κ3) is 20.6. The molecule has 0 radical (unpaired) electrons. The van der Waals surface area contributed by atoms with Crippen LogP contribution in [0.15, 0.2) is 243 Å². The summed E-state index contributed by atoms with van der Waals surface area (Å²) in [5, 5.41) is 0. The highest BCUT2D eigenvalue weighted by Gasteiger charge is 2.42. The lowest BCUT2D eigenvalue weighted by molar-refractivity contribution is -0.189. The van der Waals surface area contributed by atoms with E-state index in [-0.39, 0.29) is 30.2 Å². The summed E-state index contributed by atoms with van der Waals surface area (Å²) in [6, 6.07) is 67.2. The molecule has 12 aromatic carbocycles. The molecule has 2 saturated carbocycles. The van der Waals surface area contributed by atoms with Crippen molar-refractivity contribution in [3.63, 3.8) is 0 Å². The Labute approximate surface area is 639 Å². The number of ether oxygens (including phenoxy) is 1. The van der Waals surface area contributed by atoms with Gasteiger partial charge in [0.1, 0.15) is 52.0 Å². The molecular formula is C97H90F12O. The first kappa shape index (κ1) is 81.8. The molecule has 568 valence electrons. The van der Waals surface area contributed by atoms with Crippen molar-refractivity contribution in [2.75, 3.05) is 0 Å². The van der Waals surface area contributed by atoms with Crippen molar-refractivity contribution in [2.24, 2.45) is 11.8 Å². The Kier molecular flexibility index (Phi) is 27.7. The zero-order chi connectivity index (χ0) is 77.6.